The number of ether oxygens (including phenoxy) is 1. The number of carbonyl (C=O) groups is 1. The van der Waals surface area contributed by atoms with E-state index >= 15 is 0 Å². The van der Waals surface area contributed by atoms with Crippen molar-refractivity contribution >= 4 is 33.2 Å². The second kappa shape index (κ2) is 10.1. The lowest BCUT2D eigenvalue weighted by atomic mass is 10.1. The molecule has 168 valence electrons. The third kappa shape index (κ3) is 5.41. The van der Waals surface area contributed by atoms with E-state index in [-0.39, 0.29) is 22.4 Å². The molecular formula is C24H25ClN2O4S. The third-order valence-electron chi connectivity index (χ3n) is 4.98. The van der Waals surface area contributed by atoms with Crippen molar-refractivity contribution in [2.24, 2.45) is 0 Å². The lowest BCUT2D eigenvalue weighted by Gasteiger charge is -2.26. The Morgan fingerprint density at radius 1 is 1.06 bits per heavy atom. The second-order valence-electron chi connectivity index (χ2n) is 7.34. The average Bonchev–Trinajstić information content (AvgIpc) is 2.78. The number of sulfonamides is 1. The van der Waals surface area contributed by atoms with E-state index in [1.807, 2.05) is 44.2 Å². The first kappa shape index (κ1) is 23.6. The van der Waals surface area contributed by atoms with E-state index in [4.69, 9.17) is 16.3 Å². The number of anilines is 1. The lowest BCUT2D eigenvalue weighted by molar-refractivity contribution is -0.120. The number of nitrogens with one attached hydrogen (secondary N) is 1. The van der Waals surface area contributed by atoms with Crippen LogP contribution in [0.15, 0.2) is 77.7 Å². The molecule has 0 aliphatic carbocycles. The van der Waals surface area contributed by atoms with Gasteiger partial charge in [0.05, 0.1) is 23.7 Å². The molecule has 0 heterocycles. The molecule has 1 unspecified atom stereocenters. The molecule has 0 fully saturated rings. The zero-order valence-corrected chi connectivity index (χ0v) is 19.7. The number of amides is 1. The molecule has 3 aromatic carbocycles. The Kier molecular flexibility index (Phi) is 7.43. The van der Waals surface area contributed by atoms with Crippen LogP contribution in [0.4, 0.5) is 5.69 Å². The van der Waals surface area contributed by atoms with E-state index in [0.29, 0.717) is 5.02 Å². The molecular weight excluding hydrogens is 448 g/mol. The second-order valence-corrected chi connectivity index (χ2v) is 9.64. The van der Waals surface area contributed by atoms with E-state index in [1.165, 1.54) is 25.3 Å². The highest BCUT2D eigenvalue weighted by Gasteiger charge is 2.30. The molecule has 32 heavy (non-hydrogen) atoms. The van der Waals surface area contributed by atoms with Gasteiger partial charge in [0.25, 0.3) is 10.0 Å². The van der Waals surface area contributed by atoms with E-state index in [0.717, 1.165) is 15.4 Å². The normalized spacial score (nSPS) is 12.1. The maximum atomic E-state index is 13.6. The van der Waals surface area contributed by atoms with Crippen LogP contribution in [-0.4, -0.2) is 28.0 Å². The average molecular weight is 473 g/mol. The molecule has 6 nitrogen and oxygen atoms in total. The number of rotatable bonds is 8. The Hall–Kier alpha value is -3.03. The summed E-state index contributed by atoms with van der Waals surface area (Å²) in [5.74, 6) is -0.173. The fraction of sp³-hybridized carbons (Fsp3) is 0.208. The molecule has 0 radical (unpaired) electrons. The smallest absolute Gasteiger partial charge is 0.264 e. The zero-order valence-electron chi connectivity index (χ0n) is 18.1. The maximum absolute atomic E-state index is 13.6. The van der Waals surface area contributed by atoms with Gasteiger partial charge in [-0.2, -0.15) is 0 Å². The van der Waals surface area contributed by atoms with Gasteiger partial charge in [0.15, 0.2) is 0 Å². The first-order valence-corrected chi connectivity index (χ1v) is 11.8. The summed E-state index contributed by atoms with van der Waals surface area (Å²) in [6.07, 6.45) is 0. The summed E-state index contributed by atoms with van der Waals surface area (Å²) in [7, 11) is -2.65. The van der Waals surface area contributed by atoms with Gasteiger partial charge in [-0.3, -0.25) is 9.10 Å². The maximum Gasteiger partial charge on any atom is 0.264 e. The van der Waals surface area contributed by atoms with Crippen molar-refractivity contribution in [3.63, 3.8) is 0 Å². The standard InChI is InChI=1S/C24H25ClN2O4S/c1-17-9-12-21(13-10-17)32(29,30)27(22-15-20(25)11-14-23(22)31-3)16-24(28)26-18(2)19-7-5-4-6-8-19/h4-15,18H,16H2,1-3H3,(H,26,28). The summed E-state index contributed by atoms with van der Waals surface area (Å²) in [5, 5.41) is 3.18. The van der Waals surface area contributed by atoms with Crippen LogP contribution in [-0.2, 0) is 14.8 Å². The minimum atomic E-state index is -4.08. The van der Waals surface area contributed by atoms with Crippen LogP contribution in [0.3, 0.4) is 0 Å². The van der Waals surface area contributed by atoms with Crippen LogP contribution < -0.4 is 14.4 Å². The van der Waals surface area contributed by atoms with Crippen molar-refractivity contribution in [3.8, 4) is 5.75 Å². The highest BCUT2D eigenvalue weighted by molar-refractivity contribution is 7.92. The Labute approximate surface area is 193 Å². The Morgan fingerprint density at radius 3 is 2.34 bits per heavy atom. The Morgan fingerprint density at radius 2 is 1.72 bits per heavy atom. The lowest BCUT2D eigenvalue weighted by Crippen LogP contribution is -2.41. The molecule has 8 heteroatoms. The number of halogens is 1. The molecule has 0 aliphatic rings. The zero-order chi connectivity index (χ0) is 23.3. The van der Waals surface area contributed by atoms with Crippen molar-refractivity contribution in [1.82, 2.24) is 5.32 Å². The van der Waals surface area contributed by atoms with Crippen LogP contribution in [0.1, 0.15) is 24.1 Å². The quantitative estimate of drug-likeness (QED) is 0.514. The number of carbonyl (C=O) groups excluding carboxylic acids is 1. The number of hydrogen-bond acceptors (Lipinski definition) is 4. The highest BCUT2D eigenvalue weighted by Crippen LogP contribution is 2.34. The number of aryl methyl sites for hydroxylation is 1. The van der Waals surface area contributed by atoms with Gasteiger partial charge in [-0.1, -0.05) is 59.6 Å². The third-order valence-corrected chi connectivity index (χ3v) is 6.99. The largest absolute Gasteiger partial charge is 0.495 e. The summed E-state index contributed by atoms with van der Waals surface area (Å²) in [6.45, 7) is 3.27. The summed E-state index contributed by atoms with van der Waals surface area (Å²) in [4.78, 5) is 13.0. The fourth-order valence-corrected chi connectivity index (χ4v) is 4.83. The van der Waals surface area contributed by atoms with E-state index in [2.05, 4.69) is 5.32 Å². The molecule has 0 saturated heterocycles. The van der Waals surface area contributed by atoms with Crippen molar-refractivity contribution in [1.29, 1.82) is 0 Å². The van der Waals surface area contributed by atoms with Crippen molar-refractivity contribution in [2.45, 2.75) is 24.8 Å². The minimum absolute atomic E-state index is 0.0639. The molecule has 1 amide bonds. The van der Waals surface area contributed by atoms with Crippen molar-refractivity contribution < 1.29 is 17.9 Å². The molecule has 0 aromatic heterocycles. The van der Waals surface area contributed by atoms with Crippen molar-refractivity contribution in [2.75, 3.05) is 18.0 Å². The summed E-state index contributed by atoms with van der Waals surface area (Å²) < 4.78 is 33.5. The molecule has 0 bridgehead atoms. The summed E-state index contributed by atoms with van der Waals surface area (Å²) in [6, 6.07) is 20.2. The molecule has 0 spiro atoms. The van der Waals surface area contributed by atoms with Crippen LogP contribution in [0.25, 0.3) is 0 Å². The number of hydrogen-bond donors (Lipinski definition) is 1. The molecule has 3 aromatic rings. The summed E-state index contributed by atoms with van der Waals surface area (Å²) in [5.41, 5.74) is 2.02. The van der Waals surface area contributed by atoms with Crippen LogP contribution in [0, 0.1) is 6.92 Å². The van der Waals surface area contributed by atoms with Gasteiger partial charge in [0, 0.05) is 5.02 Å². The number of methoxy groups -OCH3 is 1. The molecule has 0 saturated carbocycles. The monoisotopic (exact) mass is 472 g/mol. The number of nitrogens with zero attached hydrogens (tertiary/aromatic N) is 1. The van der Waals surface area contributed by atoms with Gasteiger partial charge < -0.3 is 10.1 Å². The van der Waals surface area contributed by atoms with Gasteiger partial charge in [0.2, 0.25) is 5.91 Å². The van der Waals surface area contributed by atoms with E-state index in [1.54, 1.807) is 24.3 Å². The van der Waals surface area contributed by atoms with Crippen LogP contribution in [0.2, 0.25) is 5.02 Å². The Balaban J connectivity index is 1.98. The predicted octanol–water partition coefficient (Wildman–Crippen LogP) is 4.73. The van der Waals surface area contributed by atoms with Crippen LogP contribution >= 0.6 is 11.6 Å². The SMILES string of the molecule is COc1ccc(Cl)cc1N(CC(=O)NC(C)c1ccccc1)S(=O)(=O)c1ccc(C)cc1. The highest BCUT2D eigenvalue weighted by atomic mass is 35.5. The van der Waals surface area contributed by atoms with Gasteiger partial charge in [0.1, 0.15) is 12.3 Å². The van der Waals surface area contributed by atoms with Gasteiger partial charge in [-0.25, -0.2) is 8.42 Å². The first-order chi connectivity index (χ1) is 15.2. The van der Waals surface area contributed by atoms with E-state index < -0.39 is 22.5 Å². The molecule has 1 N–H and O–H groups in total. The van der Waals surface area contributed by atoms with Crippen molar-refractivity contribution in [3.05, 3.63) is 88.9 Å². The molecule has 3 rings (SSSR count). The topological polar surface area (TPSA) is 75.7 Å². The number of benzene rings is 3. The molecule has 0 aliphatic heterocycles. The van der Waals surface area contributed by atoms with Gasteiger partial charge in [-0.05, 0) is 49.7 Å². The van der Waals surface area contributed by atoms with Gasteiger partial charge >= 0.3 is 0 Å². The molecule has 1 atom stereocenters. The van der Waals surface area contributed by atoms with Gasteiger partial charge in [-0.15, -0.1) is 0 Å². The first-order valence-electron chi connectivity index (χ1n) is 9.99. The Bertz CT molecular complexity index is 1180. The summed E-state index contributed by atoms with van der Waals surface area (Å²) >= 11 is 6.16. The fourth-order valence-electron chi connectivity index (χ4n) is 3.24. The van der Waals surface area contributed by atoms with E-state index in [9.17, 15) is 13.2 Å². The predicted molar refractivity (Wildman–Crippen MR) is 127 cm³/mol. The minimum Gasteiger partial charge on any atom is -0.495 e. The van der Waals surface area contributed by atoms with Crippen LogP contribution in [0.5, 0.6) is 5.75 Å².